The number of nitrogens with zero attached hydrogens (tertiary/aromatic N) is 1. The van der Waals surface area contributed by atoms with E-state index in [0.717, 1.165) is 24.8 Å². The molecule has 1 N–H and O–H groups in total. The average molecular weight is 271 g/mol. The van der Waals surface area contributed by atoms with Crippen molar-refractivity contribution in [3.05, 3.63) is 12.2 Å². The third-order valence-corrected chi connectivity index (χ3v) is 3.11. The number of hydrogen-bond acceptors (Lipinski definition) is 3. The normalized spacial score (nSPS) is 13.7. The minimum absolute atomic E-state index is 0.361. The monoisotopic (exact) mass is 271 g/mol. The van der Waals surface area contributed by atoms with E-state index >= 15 is 0 Å². The highest BCUT2D eigenvalue weighted by atomic mass is 16.6. The topological polar surface area (TPSA) is 49.8 Å². The Morgan fingerprint density at radius 2 is 1.95 bits per heavy atom. The molecule has 0 aromatic carbocycles. The summed E-state index contributed by atoms with van der Waals surface area (Å²) in [5.74, 6) is 0. The molecule has 0 aromatic rings. The van der Waals surface area contributed by atoms with Crippen LogP contribution >= 0.6 is 0 Å². The molecule has 0 fully saturated rings. The van der Waals surface area contributed by atoms with Crippen LogP contribution in [0, 0.1) is 0 Å². The first kappa shape index (κ1) is 18.0. The Hall–Kier alpha value is -1.03. The summed E-state index contributed by atoms with van der Waals surface area (Å²) in [6, 6.07) is 0. The van der Waals surface area contributed by atoms with E-state index in [1.807, 2.05) is 0 Å². The largest absolute Gasteiger partial charge is 0.442 e. The second-order valence-electron chi connectivity index (χ2n) is 5.29. The van der Waals surface area contributed by atoms with Crippen molar-refractivity contribution in [3.63, 3.8) is 0 Å². The molecule has 0 unspecified atom stereocenters. The zero-order valence-corrected chi connectivity index (χ0v) is 12.8. The molecule has 0 spiro atoms. The average Bonchev–Trinajstić information content (AvgIpc) is 2.34. The Morgan fingerprint density at radius 3 is 2.47 bits per heavy atom. The van der Waals surface area contributed by atoms with Gasteiger partial charge in [0.2, 0.25) is 0 Å². The molecule has 0 saturated heterocycles. The van der Waals surface area contributed by atoms with Crippen molar-refractivity contribution in [2.24, 2.45) is 0 Å². The third kappa shape index (κ3) is 8.65. The van der Waals surface area contributed by atoms with Gasteiger partial charge in [-0.3, -0.25) is 0 Å². The summed E-state index contributed by atoms with van der Waals surface area (Å²) < 4.78 is 5.19. The van der Waals surface area contributed by atoms with Crippen LogP contribution in [0.1, 0.15) is 52.4 Å². The zero-order chi connectivity index (χ0) is 14.8. The standard InChI is InChI=1S/C15H29NO3/c1-6-7-8-9-10-14(17)11-12(2)13(3)19-15(18)16(4)5/h13-14,17H,2,6-11H2,1,3-5H3/t13-,14-/m1/s1. The smallest absolute Gasteiger partial charge is 0.409 e. The number of hydrogen-bond donors (Lipinski definition) is 1. The van der Waals surface area contributed by atoms with Crippen LogP contribution in [-0.4, -0.2) is 42.4 Å². The van der Waals surface area contributed by atoms with E-state index in [4.69, 9.17) is 4.74 Å². The fourth-order valence-corrected chi connectivity index (χ4v) is 1.72. The molecule has 0 aliphatic heterocycles. The van der Waals surface area contributed by atoms with E-state index in [9.17, 15) is 9.90 Å². The van der Waals surface area contributed by atoms with Gasteiger partial charge in [0.05, 0.1) is 6.10 Å². The molecule has 112 valence electrons. The van der Waals surface area contributed by atoms with Crippen LogP contribution in [0.25, 0.3) is 0 Å². The zero-order valence-electron chi connectivity index (χ0n) is 12.8. The maximum Gasteiger partial charge on any atom is 0.409 e. The van der Waals surface area contributed by atoms with Crippen LogP contribution in [0.3, 0.4) is 0 Å². The number of carbonyl (C=O) groups excluding carboxylic acids is 1. The highest BCUT2D eigenvalue weighted by molar-refractivity contribution is 5.67. The first-order valence-corrected chi connectivity index (χ1v) is 7.12. The minimum atomic E-state index is -0.384. The molecule has 0 heterocycles. The van der Waals surface area contributed by atoms with Gasteiger partial charge in [-0.25, -0.2) is 4.79 Å². The fraction of sp³-hybridized carbons (Fsp3) is 0.800. The van der Waals surface area contributed by atoms with E-state index < -0.39 is 0 Å². The molecule has 1 amide bonds. The number of rotatable bonds is 9. The van der Waals surface area contributed by atoms with Gasteiger partial charge in [0.25, 0.3) is 0 Å². The van der Waals surface area contributed by atoms with Crippen LogP contribution in [0.15, 0.2) is 12.2 Å². The highest BCUT2D eigenvalue weighted by Gasteiger charge is 2.16. The summed E-state index contributed by atoms with van der Waals surface area (Å²) in [5.41, 5.74) is 0.762. The van der Waals surface area contributed by atoms with Gasteiger partial charge in [0.1, 0.15) is 6.10 Å². The molecule has 0 saturated carbocycles. The van der Waals surface area contributed by atoms with E-state index in [1.54, 1.807) is 21.0 Å². The number of aliphatic hydroxyl groups excluding tert-OH is 1. The van der Waals surface area contributed by atoms with Gasteiger partial charge in [-0.05, 0) is 25.3 Å². The Balaban J connectivity index is 3.91. The van der Waals surface area contributed by atoms with Crippen LogP contribution in [0.4, 0.5) is 4.79 Å². The third-order valence-electron chi connectivity index (χ3n) is 3.11. The van der Waals surface area contributed by atoms with Crippen molar-refractivity contribution in [1.29, 1.82) is 0 Å². The van der Waals surface area contributed by atoms with Gasteiger partial charge >= 0.3 is 6.09 Å². The molecule has 0 radical (unpaired) electrons. The van der Waals surface area contributed by atoms with Crippen molar-refractivity contribution in [2.75, 3.05) is 14.1 Å². The van der Waals surface area contributed by atoms with Crippen LogP contribution in [0.5, 0.6) is 0 Å². The second-order valence-corrected chi connectivity index (χ2v) is 5.29. The summed E-state index contributed by atoms with van der Waals surface area (Å²) in [7, 11) is 3.28. The van der Waals surface area contributed by atoms with Gasteiger partial charge in [0, 0.05) is 14.1 Å². The molecule has 19 heavy (non-hydrogen) atoms. The summed E-state index contributed by atoms with van der Waals surface area (Å²) in [4.78, 5) is 12.8. The molecular formula is C15H29NO3. The lowest BCUT2D eigenvalue weighted by atomic mass is 10.0. The Bertz CT molecular complexity index is 277. The summed E-state index contributed by atoms with van der Waals surface area (Å²) in [5, 5.41) is 9.90. The van der Waals surface area contributed by atoms with Crippen molar-refractivity contribution in [2.45, 2.75) is 64.6 Å². The predicted molar refractivity (Wildman–Crippen MR) is 78.2 cm³/mol. The lowest BCUT2D eigenvalue weighted by Crippen LogP contribution is -2.28. The molecule has 0 aliphatic carbocycles. The van der Waals surface area contributed by atoms with Gasteiger partial charge < -0.3 is 14.7 Å². The number of amides is 1. The summed E-state index contributed by atoms with van der Waals surface area (Å²) in [6.45, 7) is 7.85. The molecule has 4 nitrogen and oxygen atoms in total. The van der Waals surface area contributed by atoms with Gasteiger partial charge in [-0.15, -0.1) is 0 Å². The van der Waals surface area contributed by atoms with Crippen molar-refractivity contribution in [1.82, 2.24) is 4.90 Å². The van der Waals surface area contributed by atoms with Crippen LogP contribution in [0.2, 0.25) is 0 Å². The van der Waals surface area contributed by atoms with Crippen molar-refractivity contribution >= 4 is 6.09 Å². The number of ether oxygens (including phenoxy) is 1. The minimum Gasteiger partial charge on any atom is -0.442 e. The lowest BCUT2D eigenvalue weighted by Gasteiger charge is -2.20. The first-order valence-electron chi connectivity index (χ1n) is 7.12. The van der Waals surface area contributed by atoms with Crippen LogP contribution in [-0.2, 0) is 4.74 Å². The number of aliphatic hydroxyl groups is 1. The first-order chi connectivity index (χ1) is 8.88. The molecule has 2 atom stereocenters. The van der Waals surface area contributed by atoms with E-state index in [0.29, 0.717) is 6.42 Å². The van der Waals surface area contributed by atoms with E-state index in [2.05, 4.69) is 13.5 Å². The van der Waals surface area contributed by atoms with Gasteiger partial charge in [0.15, 0.2) is 0 Å². The van der Waals surface area contributed by atoms with Crippen LogP contribution < -0.4 is 0 Å². The Morgan fingerprint density at radius 1 is 1.32 bits per heavy atom. The number of unbranched alkanes of at least 4 members (excludes halogenated alkanes) is 3. The number of carbonyl (C=O) groups is 1. The SMILES string of the molecule is C=C(C[C@H](O)CCCCCC)[C@@H](C)OC(=O)N(C)C. The molecule has 4 heteroatoms. The van der Waals surface area contributed by atoms with Crippen molar-refractivity contribution in [3.8, 4) is 0 Å². The Kier molecular flexibility index (Phi) is 9.31. The maximum atomic E-state index is 11.4. The second kappa shape index (κ2) is 9.84. The van der Waals surface area contributed by atoms with E-state index in [-0.39, 0.29) is 18.3 Å². The van der Waals surface area contributed by atoms with Gasteiger partial charge in [-0.1, -0.05) is 39.2 Å². The molecular weight excluding hydrogens is 242 g/mol. The predicted octanol–water partition coefficient (Wildman–Crippen LogP) is 3.35. The Labute approximate surface area is 117 Å². The molecule has 0 rings (SSSR count). The van der Waals surface area contributed by atoms with Crippen molar-refractivity contribution < 1.29 is 14.6 Å². The molecule has 0 bridgehead atoms. The quantitative estimate of drug-likeness (QED) is 0.517. The van der Waals surface area contributed by atoms with Gasteiger partial charge in [-0.2, -0.15) is 0 Å². The highest BCUT2D eigenvalue weighted by Crippen LogP contribution is 2.16. The summed E-state index contributed by atoms with van der Waals surface area (Å²) >= 11 is 0. The molecule has 0 aliphatic rings. The fourth-order valence-electron chi connectivity index (χ4n) is 1.72. The summed E-state index contributed by atoms with van der Waals surface area (Å²) in [6.07, 6.45) is 4.75. The molecule has 0 aromatic heterocycles. The van der Waals surface area contributed by atoms with E-state index in [1.165, 1.54) is 17.7 Å². The maximum absolute atomic E-state index is 11.4. The lowest BCUT2D eigenvalue weighted by molar-refractivity contribution is 0.0889.